The molecule has 2 aliphatic heterocycles. The molecule has 0 aliphatic carbocycles. The second kappa shape index (κ2) is 6.52. The number of aromatic nitrogens is 2. The van der Waals surface area contributed by atoms with Crippen molar-refractivity contribution in [2.45, 2.75) is 12.5 Å². The van der Waals surface area contributed by atoms with Crippen LogP contribution in [-0.2, 0) is 9.47 Å². The van der Waals surface area contributed by atoms with Crippen LogP contribution in [0.4, 0.5) is 21.4 Å². The Balaban J connectivity index is 1.58. The number of carbonyl (C=O) groups excluding carboxylic acids is 1. The maximum atomic E-state index is 10.9. The number of hydrogen-bond acceptors (Lipinski definition) is 9. The van der Waals surface area contributed by atoms with Gasteiger partial charge < -0.3 is 30.7 Å². The first kappa shape index (κ1) is 16.2. The molecule has 0 aromatic carbocycles. The highest BCUT2D eigenvalue weighted by Gasteiger charge is 2.28. The summed E-state index contributed by atoms with van der Waals surface area (Å²) in [4.78, 5) is 24.5. The van der Waals surface area contributed by atoms with E-state index in [-0.39, 0.29) is 6.10 Å². The van der Waals surface area contributed by atoms with Crippen molar-refractivity contribution in [3.05, 3.63) is 6.07 Å². The Kier molecular flexibility index (Phi) is 4.22. The van der Waals surface area contributed by atoms with Gasteiger partial charge in [0, 0.05) is 26.1 Å². The Hall–Kier alpha value is -2.33. The molecule has 0 bridgehead atoms. The van der Waals surface area contributed by atoms with Crippen molar-refractivity contribution in [1.82, 2.24) is 9.97 Å². The molecule has 2 aromatic heterocycles. The summed E-state index contributed by atoms with van der Waals surface area (Å²) in [5.41, 5.74) is 12.6. The van der Waals surface area contributed by atoms with Crippen LogP contribution in [0.15, 0.2) is 6.07 Å². The van der Waals surface area contributed by atoms with Gasteiger partial charge in [0.15, 0.2) is 16.6 Å². The summed E-state index contributed by atoms with van der Waals surface area (Å²) in [5, 5.41) is 0.943. The van der Waals surface area contributed by atoms with Crippen molar-refractivity contribution in [3.8, 4) is 0 Å². The molecule has 0 spiro atoms. The van der Waals surface area contributed by atoms with Gasteiger partial charge in [0.1, 0.15) is 6.10 Å². The van der Waals surface area contributed by atoms with E-state index in [9.17, 15) is 4.79 Å². The summed E-state index contributed by atoms with van der Waals surface area (Å²) < 4.78 is 11.4. The first-order valence-corrected chi connectivity index (χ1v) is 9.02. The highest BCUT2D eigenvalue weighted by atomic mass is 32.1. The molecule has 4 N–H and O–H groups in total. The van der Waals surface area contributed by atoms with E-state index < -0.39 is 6.09 Å². The Morgan fingerprint density at radius 1 is 1.28 bits per heavy atom. The highest BCUT2D eigenvalue weighted by molar-refractivity contribution is 7.22. The number of nitrogen functional groups attached to an aromatic ring is 1. The van der Waals surface area contributed by atoms with E-state index in [1.807, 2.05) is 11.0 Å². The van der Waals surface area contributed by atoms with E-state index in [1.165, 1.54) is 0 Å². The van der Waals surface area contributed by atoms with Crippen LogP contribution in [-0.4, -0.2) is 61.6 Å². The maximum Gasteiger partial charge on any atom is 0.404 e. The van der Waals surface area contributed by atoms with Gasteiger partial charge in [0.05, 0.1) is 30.1 Å². The molecule has 2 aromatic rings. The summed E-state index contributed by atoms with van der Waals surface area (Å²) in [6.07, 6.45) is -0.273. The largest absolute Gasteiger partial charge is 0.444 e. The highest BCUT2D eigenvalue weighted by Crippen LogP contribution is 2.34. The van der Waals surface area contributed by atoms with Gasteiger partial charge in [-0.3, -0.25) is 0 Å². The van der Waals surface area contributed by atoms with Crippen LogP contribution >= 0.6 is 11.3 Å². The zero-order chi connectivity index (χ0) is 17.4. The van der Waals surface area contributed by atoms with E-state index in [4.69, 9.17) is 20.9 Å². The number of anilines is 3. The number of ether oxygens (including phenoxy) is 2. The van der Waals surface area contributed by atoms with Gasteiger partial charge in [-0.15, -0.1) is 0 Å². The number of morpholine rings is 1. The molecule has 2 fully saturated rings. The molecule has 9 nitrogen and oxygen atoms in total. The lowest BCUT2D eigenvalue weighted by Crippen LogP contribution is -2.36. The van der Waals surface area contributed by atoms with Gasteiger partial charge in [-0.2, -0.15) is 4.98 Å². The second-order valence-corrected chi connectivity index (χ2v) is 7.12. The zero-order valence-corrected chi connectivity index (χ0v) is 14.5. The molecule has 1 amide bonds. The van der Waals surface area contributed by atoms with Crippen molar-refractivity contribution < 1.29 is 14.3 Å². The number of fused-ring (bicyclic) bond motifs is 1. The fourth-order valence-corrected chi connectivity index (χ4v) is 4.19. The minimum absolute atomic E-state index is 0.228. The van der Waals surface area contributed by atoms with E-state index in [2.05, 4.69) is 14.9 Å². The number of amides is 1. The molecule has 2 aliphatic rings. The topological polar surface area (TPSA) is 120 Å². The minimum atomic E-state index is -0.752. The number of rotatable bonds is 3. The summed E-state index contributed by atoms with van der Waals surface area (Å²) in [5.74, 6) is 0.682. The smallest absolute Gasteiger partial charge is 0.404 e. The lowest BCUT2D eigenvalue weighted by atomic mass is 10.3. The molecule has 10 heteroatoms. The number of pyridine rings is 1. The number of thiazole rings is 1. The lowest BCUT2D eigenvalue weighted by Gasteiger charge is -2.25. The van der Waals surface area contributed by atoms with Crippen LogP contribution < -0.4 is 21.3 Å². The summed E-state index contributed by atoms with van der Waals surface area (Å²) in [7, 11) is 0. The fraction of sp³-hybridized carbons (Fsp3) is 0.533. The minimum Gasteiger partial charge on any atom is -0.444 e. The third-order valence-electron chi connectivity index (χ3n) is 4.39. The Labute approximate surface area is 148 Å². The van der Waals surface area contributed by atoms with Crippen LogP contribution in [0.5, 0.6) is 0 Å². The SMILES string of the molecule is NC(=O)O[C@H]1CCN(c2nc3nc(N4CCOCC4)sc3cc2N)C1. The molecule has 2 saturated heterocycles. The fourth-order valence-electron chi connectivity index (χ4n) is 3.18. The predicted molar refractivity (Wildman–Crippen MR) is 96.1 cm³/mol. The molecule has 1 atom stereocenters. The first-order chi connectivity index (χ1) is 12.1. The number of carbonyl (C=O) groups is 1. The monoisotopic (exact) mass is 364 g/mol. The van der Waals surface area contributed by atoms with Crippen molar-refractivity contribution >= 4 is 44.4 Å². The van der Waals surface area contributed by atoms with E-state index in [0.29, 0.717) is 49.9 Å². The number of nitrogens with zero attached hydrogens (tertiary/aromatic N) is 4. The van der Waals surface area contributed by atoms with Gasteiger partial charge in [-0.1, -0.05) is 11.3 Å². The van der Waals surface area contributed by atoms with Gasteiger partial charge in [-0.05, 0) is 6.07 Å². The molecule has 25 heavy (non-hydrogen) atoms. The van der Waals surface area contributed by atoms with E-state index >= 15 is 0 Å². The zero-order valence-electron chi connectivity index (χ0n) is 13.7. The van der Waals surface area contributed by atoms with Crippen LogP contribution in [0.1, 0.15) is 6.42 Å². The van der Waals surface area contributed by atoms with Crippen LogP contribution in [0.25, 0.3) is 10.3 Å². The van der Waals surface area contributed by atoms with Gasteiger partial charge >= 0.3 is 6.09 Å². The van der Waals surface area contributed by atoms with Gasteiger partial charge in [0.2, 0.25) is 0 Å². The third kappa shape index (κ3) is 3.27. The Bertz CT molecular complexity index is 791. The lowest BCUT2D eigenvalue weighted by molar-refractivity contribution is 0.117. The molecule has 4 rings (SSSR count). The van der Waals surface area contributed by atoms with Crippen LogP contribution in [0, 0.1) is 0 Å². The summed E-state index contributed by atoms with van der Waals surface area (Å²) in [6, 6.07) is 1.92. The average molecular weight is 364 g/mol. The van der Waals surface area contributed by atoms with Crippen LogP contribution in [0.3, 0.4) is 0 Å². The predicted octanol–water partition coefficient (Wildman–Crippen LogP) is 0.784. The molecular formula is C15H20N6O3S. The maximum absolute atomic E-state index is 10.9. The van der Waals surface area contributed by atoms with Crippen molar-refractivity contribution in [2.24, 2.45) is 5.73 Å². The van der Waals surface area contributed by atoms with Crippen molar-refractivity contribution in [1.29, 1.82) is 0 Å². The third-order valence-corrected chi connectivity index (χ3v) is 5.44. The second-order valence-electron chi connectivity index (χ2n) is 6.11. The Morgan fingerprint density at radius 2 is 2.08 bits per heavy atom. The van der Waals surface area contributed by atoms with Crippen molar-refractivity contribution in [2.75, 3.05) is 54.9 Å². The van der Waals surface area contributed by atoms with E-state index in [0.717, 1.165) is 22.9 Å². The molecular weight excluding hydrogens is 344 g/mol. The summed E-state index contributed by atoms with van der Waals surface area (Å²) >= 11 is 1.59. The molecule has 0 radical (unpaired) electrons. The quantitative estimate of drug-likeness (QED) is 0.820. The number of nitrogens with two attached hydrogens (primary N) is 2. The van der Waals surface area contributed by atoms with Crippen molar-refractivity contribution in [3.63, 3.8) is 0 Å². The molecule has 0 unspecified atom stereocenters. The number of hydrogen-bond donors (Lipinski definition) is 2. The van der Waals surface area contributed by atoms with Gasteiger partial charge in [0.25, 0.3) is 0 Å². The average Bonchev–Trinajstić information content (AvgIpc) is 3.20. The first-order valence-electron chi connectivity index (χ1n) is 8.21. The Morgan fingerprint density at radius 3 is 2.84 bits per heavy atom. The standard InChI is InChI=1S/C15H20N6O3S/c16-10-7-11-12(19-15(25-11)20-3-5-23-6-4-20)18-13(10)21-2-1-9(8-21)24-14(17)22/h7,9H,1-6,8,16H2,(H2,17,22)/t9-/m0/s1. The number of primary amides is 1. The normalized spacial score (nSPS) is 21.0. The van der Waals surface area contributed by atoms with Crippen LogP contribution in [0.2, 0.25) is 0 Å². The molecule has 4 heterocycles. The van der Waals surface area contributed by atoms with E-state index in [1.54, 1.807) is 11.3 Å². The molecule has 0 saturated carbocycles. The summed E-state index contributed by atoms with van der Waals surface area (Å²) in [6.45, 7) is 4.34. The molecule has 134 valence electrons. The van der Waals surface area contributed by atoms with Gasteiger partial charge in [-0.25, -0.2) is 9.78 Å².